The summed E-state index contributed by atoms with van der Waals surface area (Å²) >= 11 is 0. The van der Waals surface area contributed by atoms with E-state index in [1.165, 1.54) is 0 Å². The normalized spacial score (nSPS) is 14.3. The zero-order valence-electron chi connectivity index (χ0n) is 13.2. The molecule has 0 N–H and O–H groups in total. The Hall–Kier alpha value is -1.18. The van der Waals surface area contributed by atoms with Crippen LogP contribution in [0.1, 0.15) is 46.6 Å². The molecule has 2 nitrogen and oxygen atoms in total. The SMILES string of the molecule is CCOc1cc(OC(C)CC(C)C(C)C)ccc1C. The van der Waals surface area contributed by atoms with E-state index in [-0.39, 0.29) is 6.10 Å². The molecule has 0 aliphatic heterocycles. The molecule has 0 aliphatic carbocycles. The van der Waals surface area contributed by atoms with Crippen LogP contribution in [0.25, 0.3) is 0 Å². The fourth-order valence-corrected chi connectivity index (χ4v) is 2.04. The minimum atomic E-state index is 0.231. The molecule has 0 saturated heterocycles. The highest BCUT2D eigenvalue weighted by Gasteiger charge is 2.13. The van der Waals surface area contributed by atoms with Crippen molar-refractivity contribution in [2.24, 2.45) is 11.8 Å². The van der Waals surface area contributed by atoms with Crippen molar-refractivity contribution in [1.82, 2.24) is 0 Å². The van der Waals surface area contributed by atoms with Gasteiger partial charge in [0.1, 0.15) is 11.5 Å². The second-order valence-electron chi connectivity index (χ2n) is 5.75. The Kier molecular flexibility index (Phi) is 6.20. The van der Waals surface area contributed by atoms with Crippen LogP contribution >= 0.6 is 0 Å². The first kappa shape index (κ1) is 15.9. The Labute approximate surface area is 118 Å². The number of hydrogen-bond donors (Lipinski definition) is 0. The van der Waals surface area contributed by atoms with Gasteiger partial charge in [0.25, 0.3) is 0 Å². The summed E-state index contributed by atoms with van der Waals surface area (Å²) in [5.41, 5.74) is 1.15. The molecule has 1 aromatic rings. The molecule has 19 heavy (non-hydrogen) atoms. The van der Waals surface area contributed by atoms with Gasteiger partial charge in [0.05, 0.1) is 12.7 Å². The third-order valence-corrected chi connectivity index (χ3v) is 3.64. The quantitative estimate of drug-likeness (QED) is 0.701. The number of hydrogen-bond acceptors (Lipinski definition) is 2. The molecule has 0 fully saturated rings. The average Bonchev–Trinajstić information content (AvgIpc) is 2.33. The second-order valence-corrected chi connectivity index (χ2v) is 5.75. The average molecular weight is 264 g/mol. The van der Waals surface area contributed by atoms with Crippen LogP contribution in [0.2, 0.25) is 0 Å². The predicted molar refractivity (Wildman–Crippen MR) is 81.1 cm³/mol. The zero-order valence-corrected chi connectivity index (χ0v) is 13.2. The minimum Gasteiger partial charge on any atom is -0.493 e. The highest BCUT2D eigenvalue weighted by Crippen LogP contribution is 2.26. The van der Waals surface area contributed by atoms with Gasteiger partial charge in [0, 0.05) is 6.07 Å². The molecule has 0 spiro atoms. The van der Waals surface area contributed by atoms with Crippen LogP contribution in [0.4, 0.5) is 0 Å². The molecule has 1 rings (SSSR count). The summed E-state index contributed by atoms with van der Waals surface area (Å²) in [5, 5.41) is 0. The van der Waals surface area contributed by atoms with Gasteiger partial charge in [0.15, 0.2) is 0 Å². The van der Waals surface area contributed by atoms with Gasteiger partial charge in [-0.1, -0.05) is 26.8 Å². The van der Waals surface area contributed by atoms with Crippen molar-refractivity contribution in [1.29, 1.82) is 0 Å². The van der Waals surface area contributed by atoms with Gasteiger partial charge in [0.2, 0.25) is 0 Å². The monoisotopic (exact) mass is 264 g/mol. The van der Waals surface area contributed by atoms with Gasteiger partial charge in [-0.15, -0.1) is 0 Å². The molecule has 2 heteroatoms. The van der Waals surface area contributed by atoms with Crippen molar-refractivity contribution in [2.75, 3.05) is 6.61 Å². The van der Waals surface area contributed by atoms with E-state index >= 15 is 0 Å². The van der Waals surface area contributed by atoms with Gasteiger partial charge in [-0.3, -0.25) is 0 Å². The van der Waals surface area contributed by atoms with Gasteiger partial charge in [-0.2, -0.15) is 0 Å². The van der Waals surface area contributed by atoms with Crippen LogP contribution in [0.5, 0.6) is 11.5 Å². The second kappa shape index (κ2) is 7.42. The van der Waals surface area contributed by atoms with E-state index in [0.29, 0.717) is 18.4 Å². The standard InChI is InChI=1S/C17H28O2/c1-7-18-17-11-16(9-8-13(17)4)19-15(6)10-14(5)12(2)3/h8-9,11-12,14-15H,7,10H2,1-6H3. The van der Waals surface area contributed by atoms with Crippen molar-refractivity contribution in [3.63, 3.8) is 0 Å². The van der Waals surface area contributed by atoms with Crippen molar-refractivity contribution in [3.05, 3.63) is 23.8 Å². The number of aryl methyl sites for hydroxylation is 1. The maximum atomic E-state index is 6.00. The van der Waals surface area contributed by atoms with Crippen molar-refractivity contribution >= 4 is 0 Å². The maximum Gasteiger partial charge on any atom is 0.125 e. The molecule has 108 valence electrons. The molecule has 1 aromatic carbocycles. The highest BCUT2D eigenvalue weighted by atomic mass is 16.5. The first-order valence-electron chi connectivity index (χ1n) is 7.34. The molecule has 0 radical (unpaired) electrons. The molecule has 0 aliphatic rings. The molecule has 2 atom stereocenters. The first-order chi connectivity index (χ1) is 8.93. The summed E-state index contributed by atoms with van der Waals surface area (Å²) in [6.07, 6.45) is 1.31. The van der Waals surface area contributed by atoms with Crippen LogP contribution in [0.3, 0.4) is 0 Å². The largest absolute Gasteiger partial charge is 0.493 e. The molecule has 0 aromatic heterocycles. The van der Waals surface area contributed by atoms with Crippen LogP contribution in [-0.2, 0) is 0 Å². The third-order valence-electron chi connectivity index (χ3n) is 3.64. The lowest BCUT2D eigenvalue weighted by molar-refractivity contribution is 0.174. The van der Waals surface area contributed by atoms with Gasteiger partial charge in [-0.05, 0) is 50.7 Å². The van der Waals surface area contributed by atoms with E-state index in [4.69, 9.17) is 9.47 Å². The van der Waals surface area contributed by atoms with Gasteiger partial charge < -0.3 is 9.47 Å². The molecular weight excluding hydrogens is 236 g/mol. The van der Waals surface area contributed by atoms with Crippen molar-refractivity contribution in [2.45, 2.75) is 54.1 Å². The lowest BCUT2D eigenvalue weighted by atomic mass is 9.92. The van der Waals surface area contributed by atoms with E-state index < -0.39 is 0 Å². The highest BCUT2D eigenvalue weighted by molar-refractivity contribution is 5.39. The van der Waals surface area contributed by atoms with E-state index in [2.05, 4.69) is 40.7 Å². The Morgan fingerprint density at radius 3 is 2.37 bits per heavy atom. The van der Waals surface area contributed by atoms with Gasteiger partial charge >= 0.3 is 0 Å². The Bertz CT molecular complexity index is 385. The zero-order chi connectivity index (χ0) is 14.4. The molecule has 0 heterocycles. The lowest BCUT2D eigenvalue weighted by Crippen LogP contribution is -2.18. The van der Waals surface area contributed by atoms with Crippen molar-refractivity contribution < 1.29 is 9.47 Å². The summed E-state index contributed by atoms with van der Waals surface area (Å²) < 4.78 is 11.6. The number of ether oxygens (including phenoxy) is 2. The first-order valence-corrected chi connectivity index (χ1v) is 7.34. The predicted octanol–water partition coefficient (Wildman–Crippen LogP) is 4.84. The Morgan fingerprint density at radius 1 is 1.11 bits per heavy atom. The van der Waals surface area contributed by atoms with Crippen LogP contribution in [0, 0.1) is 18.8 Å². The van der Waals surface area contributed by atoms with E-state index in [9.17, 15) is 0 Å². The Morgan fingerprint density at radius 2 is 1.79 bits per heavy atom. The fraction of sp³-hybridized carbons (Fsp3) is 0.647. The minimum absolute atomic E-state index is 0.231. The molecule has 0 bridgehead atoms. The third kappa shape index (κ3) is 5.14. The van der Waals surface area contributed by atoms with Gasteiger partial charge in [-0.25, -0.2) is 0 Å². The summed E-state index contributed by atoms with van der Waals surface area (Å²) in [6.45, 7) is 13.7. The van der Waals surface area contributed by atoms with E-state index in [0.717, 1.165) is 23.5 Å². The molecule has 2 unspecified atom stereocenters. The fourth-order valence-electron chi connectivity index (χ4n) is 2.04. The molecule has 0 saturated carbocycles. The van der Waals surface area contributed by atoms with Crippen LogP contribution in [0.15, 0.2) is 18.2 Å². The molecular formula is C17H28O2. The number of rotatable bonds is 7. The summed E-state index contributed by atoms with van der Waals surface area (Å²) in [7, 11) is 0. The lowest BCUT2D eigenvalue weighted by Gasteiger charge is -2.22. The van der Waals surface area contributed by atoms with E-state index in [1.54, 1.807) is 0 Å². The smallest absolute Gasteiger partial charge is 0.125 e. The van der Waals surface area contributed by atoms with Crippen molar-refractivity contribution in [3.8, 4) is 11.5 Å². The summed E-state index contributed by atoms with van der Waals surface area (Å²) in [4.78, 5) is 0. The van der Waals surface area contributed by atoms with Crippen LogP contribution < -0.4 is 9.47 Å². The Balaban J connectivity index is 2.63. The summed E-state index contributed by atoms with van der Waals surface area (Å²) in [5.74, 6) is 3.19. The maximum absolute atomic E-state index is 6.00. The number of benzene rings is 1. The topological polar surface area (TPSA) is 18.5 Å². The summed E-state index contributed by atoms with van der Waals surface area (Å²) in [6, 6.07) is 6.07. The van der Waals surface area contributed by atoms with E-state index in [1.807, 2.05) is 19.1 Å². The van der Waals surface area contributed by atoms with Crippen LogP contribution in [-0.4, -0.2) is 12.7 Å². The molecule has 0 amide bonds.